The fraction of sp³-hybridized carbons (Fsp3) is 0.400. The van der Waals surface area contributed by atoms with Gasteiger partial charge in [0.05, 0.1) is 17.7 Å². The van der Waals surface area contributed by atoms with Gasteiger partial charge in [-0.15, -0.1) is 12.4 Å². The quantitative estimate of drug-likeness (QED) is 0.649. The van der Waals surface area contributed by atoms with Gasteiger partial charge in [-0.1, -0.05) is 40.9 Å². The number of aryl methyl sites for hydroxylation is 1. The molecule has 2 unspecified atom stereocenters. The summed E-state index contributed by atoms with van der Waals surface area (Å²) in [5.41, 5.74) is 1.72. The van der Waals surface area contributed by atoms with Gasteiger partial charge in [0.2, 0.25) is 0 Å². The molecular weight excluding hydrogens is 428 g/mol. The second-order valence-corrected chi connectivity index (χ2v) is 7.50. The molecule has 1 aliphatic heterocycles. The molecule has 1 aliphatic rings. The molecule has 1 fully saturated rings. The van der Waals surface area contributed by atoms with Crippen molar-refractivity contribution in [1.82, 2.24) is 4.90 Å². The molecule has 1 heterocycles. The van der Waals surface area contributed by atoms with Crippen LogP contribution in [0.15, 0.2) is 36.4 Å². The van der Waals surface area contributed by atoms with E-state index >= 15 is 0 Å². The number of β-amino-alcohol motifs (C(OH)–C–C–N with tert-alkyl or cyclic N) is 1. The molecule has 28 heavy (non-hydrogen) atoms. The van der Waals surface area contributed by atoms with Crippen LogP contribution in [0.5, 0.6) is 5.75 Å². The number of nitrogens with zero attached hydrogens (tertiary/aromatic N) is 1. The predicted molar refractivity (Wildman–Crippen MR) is 111 cm³/mol. The summed E-state index contributed by atoms with van der Waals surface area (Å²) in [6.07, 6.45) is -1.02. The third-order valence-electron chi connectivity index (χ3n) is 4.47. The smallest absolute Gasteiger partial charge is 0.142 e. The Bertz CT molecular complexity index is 776. The lowest BCUT2D eigenvalue weighted by molar-refractivity contribution is -0.0460. The second kappa shape index (κ2) is 10.6. The third kappa shape index (κ3) is 6.21. The number of morpholine rings is 1. The van der Waals surface area contributed by atoms with Gasteiger partial charge in [0, 0.05) is 30.2 Å². The molecule has 0 aliphatic carbocycles. The monoisotopic (exact) mass is 449 g/mol. The Morgan fingerprint density at radius 2 is 1.96 bits per heavy atom. The number of hydrogen-bond donors (Lipinski definition) is 1. The minimum atomic E-state index is -0.650. The Kier molecular flexibility index (Phi) is 8.81. The summed E-state index contributed by atoms with van der Waals surface area (Å²) >= 11 is 12.0. The number of aliphatic hydroxyl groups excluding tert-OH is 1. The SMILES string of the molecule is Cc1ccc(OCC(O)CN2CCOC(c3cc(F)c(Cl)cc3Cl)C2)cc1.Cl. The van der Waals surface area contributed by atoms with Gasteiger partial charge in [0.15, 0.2) is 0 Å². The standard InChI is InChI=1S/C20H22Cl2FNO3.ClH/c1-13-2-4-15(5-3-13)27-12-14(25)10-24-6-7-26-20(11-24)16-8-19(23)18(22)9-17(16)21;/h2-5,8-9,14,20,25H,6-7,10-12H2,1H3;1H. The molecule has 0 saturated carbocycles. The number of rotatable bonds is 6. The van der Waals surface area contributed by atoms with Crippen molar-refractivity contribution in [2.75, 3.05) is 32.8 Å². The first-order valence-electron chi connectivity index (χ1n) is 8.78. The molecule has 0 bridgehead atoms. The van der Waals surface area contributed by atoms with Crippen molar-refractivity contribution in [2.45, 2.75) is 19.1 Å². The highest BCUT2D eigenvalue weighted by Gasteiger charge is 2.26. The number of hydrogen-bond acceptors (Lipinski definition) is 4. The van der Waals surface area contributed by atoms with Crippen LogP contribution in [0.4, 0.5) is 4.39 Å². The molecule has 2 atom stereocenters. The Balaban J connectivity index is 0.00000280. The Hall–Kier alpha value is -1.08. The Morgan fingerprint density at radius 1 is 1.25 bits per heavy atom. The first kappa shape index (κ1) is 23.2. The molecule has 2 aromatic carbocycles. The van der Waals surface area contributed by atoms with Gasteiger partial charge in [-0.05, 0) is 31.2 Å². The van der Waals surface area contributed by atoms with Crippen LogP contribution in [0, 0.1) is 12.7 Å². The van der Waals surface area contributed by atoms with Gasteiger partial charge in [-0.2, -0.15) is 0 Å². The fourth-order valence-corrected chi connectivity index (χ4v) is 3.52. The van der Waals surface area contributed by atoms with E-state index in [2.05, 4.69) is 4.90 Å². The maximum absolute atomic E-state index is 13.8. The van der Waals surface area contributed by atoms with Crippen molar-refractivity contribution in [3.63, 3.8) is 0 Å². The van der Waals surface area contributed by atoms with E-state index < -0.39 is 11.9 Å². The third-order valence-corrected chi connectivity index (χ3v) is 5.09. The van der Waals surface area contributed by atoms with Crippen LogP contribution in [0.3, 0.4) is 0 Å². The molecule has 0 amide bonds. The molecule has 0 aromatic heterocycles. The predicted octanol–water partition coefficient (Wildman–Crippen LogP) is 4.68. The van der Waals surface area contributed by atoms with Crippen LogP contribution >= 0.6 is 35.6 Å². The highest BCUT2D eigenvalue weighted by atomic mass is 35.5. The summed E-state index contributed by atoms with van der Waals surface area (Å²) in [7, 11) is 0. The summed E-state index contributed by atoms with van der Waals surface area (Å²) in [5.74, 6) is 0.200. The Morgan fingerprint density at radius 3 is 2.68 bits per heavy atom. The summed E-state index contributed by atoms with van der Waals surface area (Å²) in [5, 5.41) is 10.7. The lowest BCUT2D eigenvalue weighted by Crippen LogP contribution is -2.43. The molecule has 8 heteroatoms. The largest absolute Gasteiger partial charge is 0.491 e. The van der Waals surface area contributed by atoms with Crippen molar-refractivity contribution in [3.05, 3.63) is 63.4 Å². The lowest BCUT2D eigenvalue weighted by Gasteiger charge is -2.34. The maximum Gasteiger partial charge on any atom is 0.142 e. The maximum atomic E-state index is 13.8. The molecule has 1 N–H and O–H groups in total. The van der Waals surface area contributed by atoms with Crippen LogP contribution in [0.25, 0.3) is 0 Å². The number of halogens is 4. The van der Waals surface area contributed by atoms with E-state index in [0.717, 1.165) is 11.3 Å². The van der Waals surface area contributed by atoms with Crippen molar-refractivity contribution >= 4 is 35.6 Å². The Labute approximate surface area is 180 Å². The van der Waals surface area contributed by atoms with E-state index in [4.69, 9.17) is 32.7 Å². The topological polar surface area (TPSA) is 41.9 Å². The van der Waals surface area contributed by atoms with Crippen molar-refractivity contribution in [3.8, 4) is 5.75 Å². The minimum Gasteiger partial charge on any atom is -0.491 e. The molecule has 154 valence electrons. The van der Waals surface area contributed by atoms with Gasteiger partial charge in [-0.3, -0.25) is 4.90 Å². The van der Waals surface area contributed by atoms with Crippen LogP contribution in [0.2, 0.25) is 10.0 Å². The van der Waals surface area contributed by atoms with E-state index in [9.17, 15) is 9.50 Å². The first-order valence-corrected chi connectivity index (χ1v) is 9.54. The second-order valence-electron chi connectivity index (χ2n) is 6.68. The molecule has 0 radical (unpaired) electrons. The minimum absolute atomic E-state index is 0. The van der Waals surface area contributed by atoms with Crippen LogP contribution in [-0.2, 0) is 4.74 Å². The van der Waals surface area contributed by atoms with E-state index in [1.165, 1.54) is 12.1 Å². The van der Waals surface area contributed by atoms with E-state index in [-0.39, 0.29) is 30.1 Å². The number of ether oxygens (including phenoxy) is 2. The molecule has 2 aromatic rings. The summed E-state index contributed by atoms with van der Waals surface area (Å²) in [4.78, 5) is 2.06. The zero-order valence-electron chi connectivity index (χ0n) is 15.4. The van der Waals surface area contributed by atoms with Gasteiger partial charge in [0.1, 0.15) is 24.3 Å². The van der Waals surface area contributed by atoms with Crippen molar-refractivity contribution < 1.29 is 19.0 Å². The van der Waals surface area contributed by atoms with Gasteiger partial charge in [-0.25, -0.2) is 4.39 Å². The van der Waals surface area contributed by atoms with Gasteiger partial charge >= 0.3 is 0 Å². The zero-order chi connectivity index (χ0) is 19.4. The molecule has 0 spiro atoms. The normalized spacial score (nSPS) is 18.4. The summed E-state index contributed by atoms with van der Waals surface area (Å²) in [6.45, 7) is 4.28. The molecule has 1 saturated heterocycles. The number of aliphatic hydroxyl groups is 1. The summed E-state index contributed by atoms with van der Waals surface area (Å²) < 4.78 is 25.2. The summed E-state index contributed by atoms with van der Waals surface area (Å²) in [6, 6.07) is 10.4. The highest BCUT2D eigenvalue weighted by molar-refractivity contribution is 6.35. The van der Waals surface area contributed by atoms with Gasteiger partial charge in [0.25, 0.3) is 0 Å². The van der Waals surface area contributed by atoms with E-state index in [0.29, 0.717) is 36.8 Å². The lowest BCUT2D eigenvalue weighted by atomic mass is 10.1. The zero-order valence-corrected chi connectivity index (χ0v) is 17.7. The fourth-order valence-electron chi connectivity index (χ4n) is 3.02. The van der Waals surface area contributed by atoms with E-state index in [1.807, 2.05) is 31.2 Å². The highest BCUT2D eigenvalue weighted by Crippen LogP contribution is 2.32. The van der Waals surface area contributed by atoms with Crippen LogP contribution < -0.4 is 4.74 Å². The first-order chi connectivity index (χ1) is 12.9. The van der Waals surface area contributed by atoms with Crippen molar-refractivity contribution in [1.29, 1.82) is 0 Å². The average Bonchev–Trinajstić information content (AvgIpc) is 2.64. The molecule has 3 rings (SSSR count). The van der Waals surface area contributed by atoms with E-state index in [1.54, 1.807) is 0 Å². The van der Waals surface area contributed by atoms with Crippen molar-refractivity contribution in [2.24, 2.45) is 0 Å². The van der Waals surface area contributed by atoms with Crippen LogP contribution in [-0.4, -0.2) is 49.0 Å². The molecule has 4 nitrogen and oxygen atoms in total. The van der Waals surface area contributed by atoms with Crippen LogP contribution in [0.1, 0.15) is 17.2 Å². The number of benzene rings is 2. The average molecular weight is 451 g/mol. The van der Waals surface area contributed by atoms with Gasteiger partial charge < -0.3 is 14.6 Å². The molecular formula is C20H23Cl3FNO3.